The zero-order valence-electron chi connectivity index (χ0n) is 17.5. The van der Waals surface area contributed by atoms with Crippen LogP contribution in [0.5, 0.6) is 0 Å². The number of piperazine rings is 1. The van der Waals surface area contributed by atoms with E-state index in [0.717, 1.165) is 36.6 Å². The number of anilines is 2. The molecule has 1 saturated heterocycles. The standard InChI is InChI=1S/C23H28N4O3/c1-16(2)14-24-23(28)20-13-17-12-19(27(29)30)8-9-21(17)26-11-10-25(15-22(20)26)18-6-4-3-5-7-18/h3-9,12,16,20,22H,10-11,13-15H2,1-2H3,(H,24,28)/t20-,22-/m0/s1. The fourth-order valence-electron chi connectivity index (χ4n) is 4.53. The molecule has 0 aliphatic carbocycles. The zero-order chi connectivity index (χ0) is 21.3. The van der Waals surface area contributed by atoms with Gasteiger partial charge in [0.1, 0.15) is 0 Å². The molecule has 30 heavy (non-hydrogen) atoms. The van der Waals surface area contributed by atoms with Gasteiger partial charge in [-0.05, 0) is 36.1 Å². The summed E-state index contributed by atoms with van der Waals surface area (Å²) in [6.45, 7) is 7.15. The number of nitrogens with zero attached hydrogens (tertiary/aromatic N) is 3. The number of fused-ring (bicyclic) bond motifs is 3. The van der Waals surface area contributed by atoms with E-state index in [-0.39, 0.29) is 28.5 Å². The van der Waals surface area contributed by atoms with Gasteiger partial charge >= 0.3 is 0 Å². The molecule has 2 aromatic rings. The van der Waals surface area contributed by atoms with Gasteiger partial charge < -0.3 is 15.1 Å². The van der Waals surface area contributed by atoms with E-state index in [2.05, 4.69) is 41.1 Å². The molecular weight excluding hydrogens is 380 g/mol. The van der Waals surface area contributed by atoms with Crippen LogP contribution in [0.25, 0.3) is 0 Å². The summed E-state index contributed by atoms with van der Waals surface area (Å²) in [5.74, 6) is 0.157. The van der Waals surface area contributed by atoms with Gasteiger partial charge in [0.05, 0.1) is 16.9 Å². The monoisotopic (exact) mass is 408 g/mol. The molecule has 2 heterocycles. The average Bonchev–Trinajstić information content (AvgIpc) is 2.76. The Labute approximate surface area is 176 Å². The minimum atomic E-state index is -0.368. The predicted octanol–water partition coefficient (Wildman–Crippen LogP) is 3.23. The van der Waals surface area contributed by atoms with Gasteiger partial charge in [0, 0.05) is 49.7 Å². The second kappa shape index (κ2) is 8.34. The number of nitrogens with one attached hydrogen (secondary N) is 1. The Morgan fingerprint density at radius 3 is 2.67 bits per heavy atom. The summed E-state index contributed by atoms with van der Waals surface area (Å²) in [4.78, 5) is 28.7. The molecule has 2 aliphatic rings. The molecule has 0 radical (unpaired) electrons. The lowest BCUT2D eigenvalue weighted by atomic mass is 9.83. The molecule has 0 bridgehead atoms. The van der Waals surface area contributed by atoms with Crippen molar-refractivity contribution >= 4 is 23.0 Å². The molecule has 1 fully saturated rings. The number of amides is 1. The van der Waals surface area contributed by atoms with Crippen molar-refractivity contribution < 1.29 is 9.72 Å². The van der Waals surface area contributed by atoms with Crippen LogP contribution in [0.4, 0.5) is 17.1 Å². The van der Waals surface area contributed by atoms with Gasteiger partial charge in [-0.15, -0.1) is 0 Å². The number of hydrogen-bond donors (Lipinski definition) is 1. The minimum Gasteiger partial charge on any atom is -0.368 e. The molecule has 7 heteroatoms. The maximum atomic E-state index is 13.1. The highest BCUT2D eigenvalue weighted by Gasteiger charge is 2.42. The third-order valence-corrected chi connectivity index (χ3v) is 6.05. The first kappa shape index (κ1) is 20.2. The van der Waals surface area contributed by atoms with Crippen LogP contribution >= 0.6 is 0 Å². The third kappa shape index (κ3) is 3.97. The fraction of sp³-hybridized carbons (Fsp3) is 0.435. The Hall–Kier alpha value is -3.09. The van der Waals surface area contributed by atoms with Gasteiger partial charge in [0.2, 0.25) is 5.91 Å². The number of carbonyl (C=O) groups is 1. The summed E-state index contributed by atoms with van der Waals surface area (Å²) >= 11 is 0. The normalized spacial score (nSPS) is 20.5. The van der Waals surface area contributed by atoms with Gasteiger partial charge in [0.15, 0.2) is 0 Å². The highest BCUT2D eigenvalue weighted by molar-refractivity contribution is 5.82. The van der Waals surface area contributed by atoms with Crippen molar-refractivity contribution in [3.8, 4) is 0 Å². The van der Waals surface area contributed by atoms with Crippen LogP contribution < -0.4 is 15.1 Å². The van der Waals surface area contributed by atoms with Crippen LogP contribution in [0.3, 0.4) is 0 Å². The topological polar surface area (TPSA) is 78.7 Å². The van der Waals surface area contributed by atoms with Crippen molar-refractivity contribution in [3.63, 3.8) is 0 Å². The number of non-ortho nitro benzene ring substituents is 1. The quantitative estimate of drug-likeness (QED) is 0.607. The lowest BCUT2D eigenvalue weighted by Gasteiger charge is -2.49. The van der Waals surface area contributed by atoms with Crippen molar-refractivity contribution in [1.29, 1.82) is 0 Å². The van der Waals surface area contributed by atoms with E-state index < -0.39 is 0 Å². The molecule has 4 rings (SSSR count). The maximum absolute atomic E-state index is 13.1. The number of nitro groups is 1. The molecule has 0 spiro atoms. The largest absolute Gasteiger partial charge is 0.368 e. The van der Waals surface area contributed by atoms with E-state index in [1.54, 1.807) is 12.1 Å². The summed E-state index contributed by atoms with van der Waals surface area (Å²) in [5, 5.41) is 14.4. The summed E-state index contributed by atoms with van der Waals surface area (Å²) in [5.41, 5.74) is 3.15. The summed E-state index contributed by atoms with van der Waals surface area (Å²) in [6.07, 6.45) is 0.519. The van der Waals surface area contributed by atoms with Crippen LogP contribution in [0.2, 0.25) is 0 Å². The van der Waals surface area contributed by atoms with Gasteiger partial charge in [-0.2, -0.15) is 0 Å². The van der Waals surface area contributed by atoms with Gasteiger partial charge in [-0.1, -0.05) is 32.0 Å². The van der Waals surface area contributed by atoms with E-state index >= 15 is 0 Å². The van der Waals surface area contributed by atoms with E-state index in [1.165, 1.54) is 0 Å². The number of para-hydroxylation sites is 1. The Kier molecular flexibility index (Phi) is 5.61. The molecule has 0 saturated carbocycles. The smallest absolute Gasteiger partial charge is 0.269 e. The molecule has 0 unspecified atom stereocenters. The molecular formula is C23H28N4O3. The predicted molar refractivity (Wildman–Crippen MR) is 118 cm³/mol. The number of carbonyl (C=O) groups excluding carboxylic acids is 1. The lowest BCUT2D eigenvalue weighted by molar-refractivity contribution is -0.384. The molecule has 2 aromatic carbocycles. The van der Waals surface area contributed by atoms with Crippen molar-refractivity contribution in [2.75, 3.05) is 36.0 Å². The Balaban J connectivity index is 1.66. The first-order valence-electron chi connectivity index (χ1n) is 10.6. The van der Waals surface area contributed by atoms with Gasteiger partial charge in [-0.25, -0.2) is 0 Å². The Morgan fingerprint density at radius 1 is 1.20 bits per heavy atom. The van der Waals surface area contributed by atoms with Crippen molar-refractivity contribution in [1.82, 2.24) is 5.32 Å². The summed E-state index contributed by atoms with van der Waals surface area (Å²) in [7, 11) is 0. The average molecular weight is 409 g/mol. The van der Waals surface area contributed by atoms with Crippen LogP contribution in [-0.4, -0.2) is 43.1 Å². The van der Waals surface area contributed by atoms with Crippen molar-refractivity contribution in [3.05, 3.63) is 64.2 Å². The second-order valence-corrected chi connectivity index (χ2v) is 8.56. The van der Waals surface area contributed by atoms with Crippen LogP contribution in [0.15, 0.2) is 48.5 Å². The van der Waals surface area contributed by atoms with Crippen LogP contribution in [-0.2, 0) is 11.2 Å². The number of hydrogen-bond acceptors (Lipinski definition) is 5. The second-order valence-electron chi connectivity index (χ2n) is 8.56. The van der Waals surface area contributed by atoms with Crippen LogP contribution in [0, 0.1) is 22.0 Å². The van der Waals surface area contributed by atoms with Gasteiger partial charge in [0.25, 0.3) is 5.69 Å². The SMILES string of the molecule is CC(C)CNC(=O)[C@H]1Cc2cc([N+](=O)[O-])ccc2N2CCN(c3ccccc3)C[C@@H]12. The Bertz CT molecular complexity index is 931. The molecule has 1 amide bonds. The number of benzene rings is 2. The van der Waals surface area contributed by atoms with Crippen molar-refractivity contribution in [2.45, 2.75) is 26.3 Å². The lowest BCUT2D eigenvalue weighted by Crippen LogP contribution is -2.61. The third-order valence-electron chi connectivity index (χ3n) is 6.05. The molecule has 0 aromatic heterocycles. The number of nitro benzene ring substituents is 1. The maximum Gasteiger partial charge on any atom is 0.269 e. The number of rotatable bonds is 5. The first-order chi connectivity index (χ1) is 14.4. The Morgan fingerprint density at radius 2 is 1.97 bits per heavy atom. The molecule has 2 atom stereocenters. The van der Waals surface area contributed by atoms with Gasteiger partial charge in [-0.3, -0.25) is 14.9 Å². The van der Waals surface area contributed by atoms with Crippen molar-refractivity contribution in [2.24, 2.45) is 11.8 Å². The highest BCUT2D eigenvalue weighted by atomic mass is 16.6. The van der Waals surface area contributed by atoms with E-state index in [9.17, 15) is 14.9 Å². The first-order valence-corrected chi connectivity index (χ1v) is 10.6. The van der Waals surface area contributed by atoms with E-state index in [0.29, 0.717) is 18.9 Å². The molecule has 1 N–H and O–H groups in total. The summed E-state index contributed by atoms with van der Waals surface area (Å²) < 4.78 is 0. The fourth-order valence-corrected chi connectivity index (χ4v) is 4.53. The summed E-state index contributed by atoms with van der Waals surface area (Å²) in [6, 6.07) is 15.4. The van der Waals surface area contributed by atoms with E-state index in [1.807, 2.05) is 24.3 Å². The van der Waals surface area contributed by atoms with E-state index in [4.69, 9.17) is 0 Å². The zero-order valence-corrected chi connectivity index (χ0v) is 17.5. The minimum absolute atomic E-state index is 0.0278. The molecule has 7 nitrogen and oxygen atoms in total. The molecule has 2 aliphatic heterocycles. The highest BCUT2D eigenvalue weighted by Crippen LogP contribution is 2.38. The molecule has 158 valence electrons. The van der Waals surface area contributed by atoms with Crippen LogP contribution in [0.1, 0.15) is 19.4 Å².